The van der Waals surface area contributed by atoms with Crippen LogP contribution in [0.5, 0.6) is 0 Å². The third kappa shape index (κ3) is 5.91. The molecule has 1 heterocycles. The van der Waals surface area contributed by atoms with E-state index >= 15 is 0 Å². The van der Waals surface area contributed by atoms with E-state index in [4.69, 9.17) is 4.74 Å². The van der Waals surface area contributed by atoms with Crippen molar-refractivity contribution < 1.29 is 9.53 Å². The van der Waals surface area contributed by atoms with Gasteiger partial charge in [0.1, 0.15) is 0 Å². The molecular formula is C21H25NO2S. The van der Waals surface area contributed by atoms with Crippen molar-refractivity contribution in [1.82, 2.24) is 4.90 Å². The minimum Gasteiger partial charge on any atom is -0.373 e. The summed E-state index contributed by atoms with van der Waals surface area (Å²) in [5.41, 5.74) is 1.21. The maximum Gasteiger partial charge on any atom is 0.223 e. The predicted molar refractivity (Wildman–Crippen MR) is 103 cm³/mol. The molecule has 1 aliphatic heterocycles. The molecule has 2 aromatic carbocycles. The van der Waals surface area contributed by atoms with Crippen LogP contribution in [0.4, 0.5) is 0 Å². The first kappa shape index (κ1) is 18.0. The lowest BCUT2D eigenvalue weighted by Gasteiger charge is -2.32. The molecule has 3 rings (SSSR count). The zero-order valence-corrected chi connectivity index (χ0v) is 15.3. The van der Waals surface area contributed by atoms with E-state index in [0.29, 0.717) is 13.0 Å². The Morgan fingerprint density at radius 2 is 1.64 bits per heavy atom. The van der Waals surface area contributed by atoms with Gasteiger partial charge >= 0.3 is 0 Å². The number of thioether (sulfide) groups is 1. The molecule has 0 radical (unpaired) electrons. The molecule has 0 saturated carbocycles. The smallest absolute Gasteiger partial charge is 0.223 e. The Balaban J connectivity index is 1.33. The highest BCUT2D eigenvalue weighted by Gasteiger charge is 2.22. The Labute approximate surface area is 154 Å². The summed E-state index contributed by atoms with van der Waals surface area (Å²) < 4.78 is 5.99. The third-order valence-corrected chi connectivity index (χ3v) is 5.46. The maximum absolute atomic E-state index is 12.3. The molecule has 0 bridgehead atoms. The SMILES string of the molecule is O=C(CCSc1ccccc1)N1CCC(OCc2ccccc2)CC1. The molecule has 0 atom stereocenters. The average molecular weight is 356 g/mol. The first-order chi connectivity index (χ1) is 12.3. The van der Waals surface area contributed by atoms with E-state index in [0.717, 1.165) is 31.7 Å². The number of nitrogens with zero attached hydrogens (tertiary/aromatic N) is 1. The van der Waals surface area contributed by atoms with Gasteiger partial charge in [0, 0.05) is 30.2 Å². The largest absolute Gasteiger partial charge is 0.373 e. The summed E-state index contributed by atoms with van der Waals surface area (Å²) in [5.74, 6) is 1.11. The molecule has 2 aromatic rings. The van der Waals surface area contributed by atoms with Crippen LogP contribution < -0.4 is 0 Å². The summed E-state index contributed by atoms with van der Waals surface area (Å²) in [5, 5.41) is 0. The number of hydrogen-bond acceptors (Lipinski definition) is 3. The van der Waals surface area contributed by atoms with E-state index in [-0.39, 0.29) is 12.0 Å². The fourth-order valence-corrected chi connectivity index (χ4v) is 3.85. The Bertz CT molecular complexity index is 639. The van der Waals surface area contributed by atoms with Gasteiger partial charge in [-0.3, -0.25) is 4.79 Å². The van der Waals surface area contributed by atoms with Crippen LogP contribution in [0.15, 0.2) is 65.6 Å². The van der Waals surface area contributed by atoms with Crippen LogP contribution in [-0.2, 0) is 16.1 Å². The molecule has 3 nitrogen and oxygen atoms in total. The van der Waals surface area contributed by atoms with Crippen LogP contribution in [0.1, 0.15) is 24.8 Å². The topological polar surface area (TPSA) is 29.5 Å². The molecule has 1 saturated heterocycles. The van der Waals surface area contributed by atoms with Crippen molar-refractivity contribution in [3.8, 4) is 0 Å². The van der Waals surface area contributed by atoms with Crippen LogP contribution in [-0.4, -0.2) is 35.8 Å². The van der Waals surface area contributed by atoms with Crippen LogP contribution in [0.3, 0.4) is 0 Å². The lowest BCUT2D eigenvalue weighted by atomic mass is 10.1. The second-order valence-electron chi connectivity index (χ2n) is 6.29. The molecule has 0 unspecified atom stereocenters. The van der Waals surface area contributed by atoms with Gasteiger partial charge in [-0.1, -0.05) is 48.5 Å². The van der Waals surface area contributed by atoms with Gasteiger partial charge in [0.05, 0.1) is 12.7 Å². The van der Waals surface area contributed by atoms with E-state index in [2.05, 4.69) is 24.3 Å². The molecule has 0 aliphatic carbocycles. The van der Waals surface area contributed by atoms with Crippen molar-refractivity contribution >= 4 is 17.7 Å². The summed E-state index contributed by atoms with van der Waals surface area (Å²) in [6.45, 7) is 2.29. The van der Waals surface area contributed by atoms with Gasteiger partial charge in [-0.25, -0.2) is 0 Å². The number of carbonyl (C=O) groups excluding carboxylic acids is 1. The zero-order chi connectivity index (χ0) is 17.3. The van der Waals surface area contributed by atoms with Crippen molar-refractivity contribution in [2.75, 3.05) is 18.8 Å². The summed E-state index contributed by atoms with van der Waals surface area (Å²) in [4.78, 5) is 15.6. The van der Waals surface area contributed by atoms with Gasteiger partial charge in [-0.2, -0.15) is 0 Å². The highest BCUT2D eigenvalue weighted by molar-refractivity contribution is 7.99. The molecule has 25 heavy (non-hydrogen) atoms. The second-order valence-corrected chi connectivity index (χ2v) is 7.46. The standard InChI is InChI=1S/C21H25NO2S/c23-21(13-16-25-20-9-5-2-6-10-20)22-14-11-19(12-15-22)24-17-18-7-3-1-4-8-18/h1-10,19H,11-17H2. The fourth-order valence-electron chi connectivity index (χ4n) is 2.99. The monoisotopic (exact) mass is 355 g/mol. The Morgan fingerprint density at radius 3 is 2.32 bits per heavy atom. The number of hydrogen-bond donors (Lipinski definition) is 0. The molecule has 1 aliphatic rings. The first-order valence-corrected chi connectivity index (χ1v) is 9.91. The third-order valence-electron chi connectivity index (χ3n) is 4.45. The zero-order valence-electron chi connectivity index (χ0n) is 14.5. The van der Waals surface area contributed by atoms with E-state index in [1.165, 1.54) is 10.5 Å². The minimum absolute atomic E-state index is 0.267. The fraction of sp³-hybridized carbons (Fsp3) is 0.381. The van der Waals surface area contributed by atoms with Crippen LogP contribution in [0.25, 0.3) is 0 Å². The minimum atomic E-state index is 0.267. The summed E-state index contributed by atoms with van der Waals surface area (Å²) in [6, 6.07) is 20.5. The number of amides is 1. The molecule has 0 N–H and O–H groups in total. The highest BCUT2D eigenvalue weighted by atomic mass is 32.2. The van der Waals surface area contributed by atoms with E-state index in [9.17, 15) is 4.79 Å². The van der Waals surface area contributed by atoms with Crippen molar-refractivity contribution in [2.24, 2.45) is 0 Å². The highest BCUT2D eigenvalue weighted by Crippen LogP contribution is 2.20. The summed E-state index contributed by atoms with van der Waals surface area (Å²) in [6.07, 6.45) is 2.74. The maximum atomic E-state index is 12.3. The quantitative estimate of drug-likeness (QED) is 0.691. The molecule has 132 valence electrons. The van der Waals surface area contributed by atoms with Crippen LogP contribution >= 0.6 is 11.8 Å². The molecule has 0 aromatic heterocycles. The normalized spacial score (nSPS) is 15.3. The van der Waals surface area contributed by atoms with Crippen molar-refractivity contribution in [3.05, 3.63) is 66.2 Å². The molecule has 0 spiro atoms. The van der Waals surface area contributed by atoms with E-state index in [1.54, 1.807) is 11.8 Å². The van der Waals surface area contributed by atoms with Crippen molar-refractivity contribution in [3.63, 3.8) is 0 Å². The summed E-state index contributed by atoms with van der Waals surface area (Å²) >= 11 is 1.75. The number of ether oxygens (including phenoxy) is 1. The van der Waals surface area contributed by atoms with E-state index in [1.807, 2.05) is 41.3 Å². The molecule has 1 amide bonds. The molecule has 1 fully saturated rings. The second kappa shape index (κ2) is 9.64. The van der Waals surface area contributed by atoms with Gasteiger partial charge in [-0.15, -0.1) is 11.8 Å². The molecular weight excluding hydrogens is 330 g/mol. The van der Waals surface area contributed by atoms with Gasteiger partial charge in [0.15, 0.2) is 0 Å². The molecule has 4 heteroatoms. The number of benzene rings is 2. The van der Waals surface area contributed by atoms with Gasteiger partial charge in [0.2, 0.25) is 5.91 Å². The van der Waals surface area contributed by atoms with E-state index < -0.39 is 0 Å². The van der Waals surface area contributed by atoms with Crippen molar-refractivity contribution in [1.29, 1.82) is 0 Å². The first-order valence-electron chi connectivity index (χ1n) is 8.92. The number of piperidine rings is 1. The van der Waals surface area contributed by atoms with Gasteiger partial charge in [-0.05, 0) is 30.5 Å². The summed E-state index contributed by atoms with van der Waals surface area (Å²) in [7, 11) is 0. The van der Waals surface area contributed by atoms with Crippen molar-refractivity contribution in [2.45, 2.75) is 36.9 Å². The lowest BCUT2D eigenvalue weighted by molar-refractivity contribution is -0.133. The van der Waals surface area contributed by atoms with Crippen LogP contribution in [0, 0.1) is 0 Å². The lowest BCUT2D eigenvalue weighted by Crippen LogP contribution is -2.41. The Morgan fingerprint density at radius 1 is 1.00 bits per heavy atom. The van der Waals surface area contributed by atoms with Gasteiger partial charge < -0.3 is 9.64 Å². The number of rotatable bonds is 7. The predicted octanol–water partition coefficient (Wildman–Crippen LogP) is 4.38. The number of carbonyl (C=O) groups is 1. The van der Waals surface area contributed by atoms with Crippen LogP contribution in [0.2, 0.25) is 0 Å². The Kier molecular flexibility index (Phi) is 6.95. The average Bonchev–Trinajstić information content (AvgIpc) is 2.68. The number of likely N-dealkylation sites (tertiary alicyclic amines) is 1. The Hall–Kier alpha value is -1.78. The van der Waals surface area contributed by atoms with Gasteiger partial charge in [0.25, 0.3) is 0 Å².